The van der Waals surface area contributed by atoms with Gasteiger partial charge in [-0.3, -0.25) is 4.55 Å². The van der Waals surface area contributed by atoms with E-state index in [1.165, 1.54) is 44.9 Å². The van der Waals surface area contributed by atoms with Crippen LogP contribution in [-0.2, 0) is 16.8 Å². The highest BCUT2D eigenvalue weighted by molar-refractivity contribution is 7.81. The van der Waals surface area contributed by atoms with Crippen LogP contribution < -0.4 is 4.18 Å². The SMILES string of the molecule is CC(C)CCCC(C)CCCC(C)CCCc1ccc(OS(=O)(=O)O)cc1. The molecule has 0 fully saturated rings. The smallest absolute Gasteiger partial charge is 0.362 e. The van der Waals surface area contributed by atoms with Gasteiger partial charge in [0, 0.05) is 0 Å². The topological polar surface area (TPSA) is 63.6 Å². The molecule has 27 heavy (non-hydrogen) atoms. The first-order valence-electron chi connectivity index (χ1n) is 10.4. The first-order valence-corrected chi connectivity index (χ1v) is 11.8. The number of hydrogen-bond donors (Lipinski definition) is 1. The van der Waals surface area contributed by atoms with Crippen molar-refractivity contribution in [2.24, 2.45) is 17.8 Å². The summed E-state index contributed by atoms with van der Waals surface area (Å²) < 4.78 is 34.4. The third-order valence-electron chi connectivity index (χ3n) is 5.16. The third-order valence-corrected chi connectivity index (χ3v) is 5.56. The maximum absolute atomic E-state index is 10.7. The molecule has 156 valence electrons. The van der Waals surface area contributed by atoms with E-state index in [-0.39, 0.29) is 5.75 Å². The van der Waals surface area contributed by atoms with Crippen molar-refractivity contribution < 1.29 is 17.2 Å². The van der Waals surface area contributed by atoms with Gasteiger partial charge in [-0.05, 0) is 48.3 Å². The molecule has 4 nitrogen and oxygen atoms in total. The van der Waals surface area contributed by atoms with Crippen LogP contribution in [-0.4, -0.2) is 13.0 Å². The lowest BCUT2D eigenvalue weighted by atomic mass is 9.91. The number of benzene rings is 1. The summed E-state index contributed by atoms with van der Waals surface area (Å²) >= 11 is 0. The quantitative estimate of drug-likeness (QED) is 0.365. The Morgan fingerprint density at radius 2 is 1.30 bits per heavy atom. The average Bonchev–Trinajstić information content (AvgIpc) is 2.55. The molecule has 0 bridgehead atoms. The summed E-state index contributed by atoms with van der Waals surface area (Å²) in [6, 6.07) is 6.86. The Hall–Kier alpha value is -1.07. The van der Waals surface area contributed by atoms with Crippen LogP contribution in [0.25, 0.3) is 0 Å². The molecule has 0 aliphatic rings. The molecule has 0 saturated heterocycles. The van der Waals surface area contributed by atoms with E-state index in [0.717, 1.165) is 36.2 Å². The zero-order chi connectivity index (χ0) is 20.3. The molecule has 1 N–H and O–H groups in total. The van der Waals surface area contributed by atoms with Gasteiger partial charge in [-0.25, -0.2) is 0 Å². The van der Waals surface area contributed by atoms with E-state index in [0.29, 0.717) is 0 Å². The van der Waals surface area contributed by atoms with Gasteiger partial charge in [0.25, 0.3) is 0 Å². The molecule has 0 aliphatic carbocycles. The Balaban J connectivity index is 2.15. The van der Waals surface area contributed by atoms with E-state index in [9.17, 15) is 8.42 Å². The summed E-state index contributed by atoms with van der Waals surface area (Å²) in [7, 11) is -4.44. The standard InChI is InChI=1S/C22H38O4S/c1-18(2)8-5-9-19(3)10-6-11-20(4)12-7-13-21-14-16-22(17-15-21)26-27(23,24)25/h14-20H,5-13H2,1-4H3,(H,23,24,25). The van der Waals surface area contributed by atoms with E-state index in [1.54, 1.807) is 12.1 Å². The van der Waals surface area contributed by atoms with Gasteiger partial charge in [-0.2, -0.15) is 8.42 Å². The van der Waals surface area contributed by atoms with Crippen LogP contribution in [0, 0.1) is 17.8 Å². The lowest BCUT2D eigenvalue weighted by Gasteiger charge is -2.15. The van der Waals surface area contributed by atoms with E-state index < -0.39 is 10.4 Å². The van der Waals surface area contributed by atoms with Gasteiger partial charge in [0.15, 0.2) is 0 Å². The van der Waals surface area contributed by atoms with Crippen LogP contribution in [0.3, 0.4) is 0 Å². The molecule has 1 aromatic rings. The minimum atomic E-state index is -4.44. The van der Waals surface area contributed by atoms with E-state index in [4.69, 9.17) is 4.55 Å². The molecule has 5 heteroatoms. The Morgan fingerprint density at radius 1 is 0.815 bits per heavy atom. The summed E-state index contributed by atoms with van der Waals surface area (Å²) in [4.78, 5) is 0. The van der Waals surface area contributed by atoms with Gasteiger partial charge >= 0.3 is 10.4 Å². The normalized spacial score (nSPS) is 14.3. The van der Waals surface area contributed by atoms with Gasteiger partial charge < -0.3 is 4.18 Å². The molecule has 2 unspecified atom stereocenters. The van der Waals surface area contributed by atoms with Gasteiger partial charge in [0.2, 0.25) is 0 Å². The Labute approximate surface area is 166 Å². The largest absolute Gasteiger partial charge is 0.446 e. The Bertz CT molecular complexity index is 608. The van der Waals surface area contributed by atoms with Crippen molar-refractivity contribution >= 4 is 10.4 Å². The second-order valence-electron chi connectivity index (χ2n) is 8.51. The number of rotatable bonds is 14. The minimum Gasteiger partial charge on any atom is -0.362 e. The van der Waals surface area contributed by atoms with Gasteiger partial charge in [-0.1, -0.05) is 84.8 Å². The lowest BCUT2D eigenvalue weighted by molar-refractivity contribution is 0.386. The number of hydrogen-bond acceptors (Lipinski definition) is 3. The highest BCUT2D eigenvalue weighted by Gasteiger charge is 2.08. The van der Waals surface area contributed by atoms with Crippen LogP contribution in [0.15, 0.2) is 24.3 Å². The van der Waals surface area contributed by atoms with Crippen molar-refractivity contribution in [3.63, 3.8) is 0 Å². The van der Waals surface area contributed by atoms with Crippen LogP contribution >= 0.6 is 0 Å². The fourth-order valence-corrected chi connectivity index (χ4v) is 3.82. The van der Waals surface area contributed by atoms with Crippen molar-refractivity contribution in [2.45, 2.75) is 85.5 Å². The molecular weight excluding hydrogens is 360 g/mol. The third kappa shape index (κ3) is 12.9. The first kappa shape index (κ1) is 24.0. The second kappa shape index (κ2) is 12.4. The van der Waals surface area contributed by atoms with Gasteiger partial charge in [0.05, 0.1) is 0 Å². The first-order chi connectivity index (χ1) is 12.7. The monoisotopic (exact) mass is 398 g/mol. The molecule has 0 saturated carbocycles. The molecule has 0 heterocycles. The highest BCUT2D eigenvalue weighted by atomic mass is 32.3. The van der Waals surface area contributed by atoms with Crippen molar-refractivity contribution in [1.82, 2.24) is 0 Å². The summed E-state index contributed by atoms with van der Waals surface area (Å²) in [6.07, 6.45) is 11.4. The molecule has 1 aromatic carbocycles. The van der Waals surface area contributed by atoms with Crippen LogP contribution in [0.1, 0.15) is 84.6 Å². The van der Waals surface area contributed by atoms with Crippen molar-refractivity contribution in [1.29, 1.82) is 0 Å². The van der Waals surface area contributed by atoms with E-state index in [1.807, 2.05) is 12.1 Å². The maximum atomic E-state index is 10.7. The summed E-state index contributed by atoms with van der Waals surface area (Å²) in [5.41, 5.74) is 1.16. The fourth-order valence-electron chi connectivity index (χ4n) is 3.47. The van der Waals surface area contributed by atoms with E-state index in [2.05, 4.69) is 31.9 Å². The Morgan fingerprint density at radius 3 is 1.78 bits per heavy atom. The molecule has 0 radical (unpaired) electrons. The zero-order valence-corrected chi connectivity index (χ0v) is 18.3. The predicted molar refractivity (Wildman–Crippen MR) is 112 cm³/mol. The molecule has 0 aliphatic heterocycles. The zero-order valence-electron chi connectivity index (χ0n) is 17.5. The lowest BCUT2D eigenvalue weighted by Crippen LogP contribution is -2.06. The molecular formula is C22H38O4S. The van der Waals surface area contributed by atoms with Crippen molar-refractivity contribution in [2.75, 3.05) is 0 Å². The van der Waals surface area contributed by atoms with Crippen LogP contribution in [0.5, 0.6) is 5.75 Å². The highest BCUT2D eigenvalue weighted by Crippen LogP contribution is 2.22. The predicted octanol–water partition coefficient (Wildman–Crippen LogP) is 6.46. The molecule has 1 rings (SSSR count). The number of aryl methyl sites for hydroxylation is 1. The molecule has 0 spiro atoms. The molecule has 0 amide bonds. The van der Waals surface area contributed by atoms with Gasteiger partial charge in [-0.15, -0.1) is 0 Å². The molecule has 2 atom stereocenters. The average molecular weight is 399 g/mol. The van der Waals surface area contributed by atoms with Crippen LogP contribution in [0.4, 0.5) is 0 Å². The summed E-state index contributed by atoms with van der Waals surface area (Å²) in [5.74, 6) is 2.55. The maximum Gasteiger partial charge on any atom is 0.446 e. The minimum absolute atomic E-state index is 0.136. The van der Waals surface area contributed by atoms with Crippen molar-refractivity contribution in [3.8, 4) is 5.75 Å². The summed E-state index contributed by atoms with van der Waals surface area (Å²) in [5, 5.41) is 0. The van der Waals surface area contributed by atoms with Crippen molar-refractivity contribution in [3.05, 3.63) is 29.8 Å². The fraction of sp³-hybridized carbons (Fsp3) is 0.727. The van der Waals surface area contributed by atoms with E-state index >= 15 is 0 Å². The molecule has 0 aromatic heterocycles. The van der Waals surface area contributed by atoms with Gasteiger partial charge in [0.1, 0.15) is 5.75 Å². The second-order valence-corrected chi connectivity index (χ2v) is 9.54. The van der Waals surface area contributed by atoms with Crippen LogP contribution in [0.2, 0.25) is 0 Å². The summed E-state index contributed by atoms with van der Waals surface area (Å²) in [6.45, 7) is 9.33. The Kier molecular flexibility index (Phi) is 11.0.